The van der Waals surface area contributed by atoms with Gasteiger partial charge in [-0.1, -0.05) is 0 Å². The molecule has 0 aliphatic carbocycles. The van der Waals surface area contributed by atoms with Crippen molar-refractivity contribution in [1.82, 2.24) is 4.90 Å². The molecule has 11 heteroatoms. The summed E-state index contributed by atoms with van der Waals surface area (Å²) in [6, 6.07) is 5.73. The average Bonchev–Trinajstić information content (AvgIpc) is 3.10. The van der Waals surface area contributed by atoms with E-state index in [0.29, 0.717) is 25.3 Å². The van der Waals surface area contributed by atoms with Gasteiger partial charge in [-0.25, -0.2) is 13.2 Å². The van der Waals surface area contributed by atoms with Crippen molar-refractivity contribution in [3.05, 3.63) is 40.3 Å². The van der Waals surface area contributed by atoms with Crippen LogP contribution in [0.15, 0.2) is 29.2 Å². The number of esters is 1. The second-order valence-corrected chi connectivity index (χ2v) is 10.2. The number of thiophene rings is 1. The zero-order valence-corrected chi connectivity index (χ0v) is 19.6. The lowest BCUT2D eigenvalue weighted by Crippen LogP contribution is -2.34. The molecule has 0 unspecified atom stereocenters. The van der Waals surface area contributed by atoms with E-state index in [0.717, 1.165) is 21.8 Å². The molecule has 0 radical (unpaired) electrons. The molecule has 1 aromatic heterocycles. The fraction of sp³-hybridized carbons (Fsp3) is 0.381. The van der Waals surface area contributed by atoms with Crippen molar-refractivity contribution in [3.63, 3.8) is 0 Å². The highest BCUT2D eigenvalue weighted by Gasteiger charge is 2.31. The van der Waals surface area contributed by atoms with E-state index in [1.807, 2.05) is 0 Å². The first-order valence-electron chi connectivity index (χ1n) is 9.90. The molecule has 172 valence electrons. The van der Waals surface area contributed by atoms with Gasteiger partial charge in [0.05, 0.1) is 30.7 Å². The van der Waals surface area contributed by atoms with Crippen LogP contribution in [0.25, 0.3) is 0 Å². The molecule has 2 aromatic rings. The topological polar surface area (TPSA) is 119 Å². The highest BCUT2D eigenvalue weighted by atomic mass is 32.2. The normalized spacial score (nSPS) is 13.3. The van der Waals surface area contributed by atoms with E-state index < -0.39 is 27.5 Å². The van der Waals surface area contributed by atoms with Crippen LogP contribution in [0.2, 0.25) is 0 Å². The molecule has 1 N–H and O–H groups in total. The Balaban J connectivity index is 1.84. The van der Waals surface area contributed by atoms with E-state index in [2.05, 4.69) is 5.32 Å². The van der Waals surface area contributed by atoms with Gasteiger partial charge in [-0.3, -0.25) is 9.59 Å². The summed E-state index contributed by atoms with van der Waals surface area (Å²) in [7, 11) is -2.44. The molecule has 32 heavy (non-hydrogen) atoms. The molecule has 2 amide bonds. The minimum Gasteiger partial charge on any atom is -0.497 e. The lowest BCUT2D eigenvalue weighted by atomic mass is 10.0. The molecule has 0 saturated heterocycles. The largest absolute Gasteiger partial charge is 0.497 e. The van der Waals surface area contributed by atoms with Crippen molar-refractivity contribution in [1.29, 1.82) is 0 Å². The number of benzene rings is 1. The first-order chi connectivity index (χ1) is 15.2. The Hall–Kier alpha value is -2.92. The highest BCUT2D eigenvalue weighted by molar-refractivity contribution is 7.92. The monoisotopic (exact) mass is 480 g/mol. The van der Waals surface area contributed by atoms with E-state index >= 15 is 0 Å². The molecule has 9 nitrogen and oxygen atoms in total. The van der Waals surface area contributed by atoms with Crippen LogP contribution in [0.1, 0.15) is 34.6 Å². The number of ether oxygens (including phenoxy) is 2. The van der Waals surface area contributed by atoms with Crippen molar-refractivity contribution in [2.24, 2.45) is 0 Å². The average molecular weight is 481 g/mol. The Morgan fingerprint density at radius 2 is 1.88 bits per heavy atom. The number of sulfone groups is 1. The Labute approximate surface area is 190 Å². The quantitative estimate of drug-likeness (QED) is 0.604. The van der Waals surface area contributed by atoms with E-state index in [-0.39, 0.29) is 28.0 Å². The number of hydrogen-bond donors (Lipinski definition) is 1. The van der Waals surface area contributed by atoms with Gasteiger partial charge in [0, 0.05) is 18.3 Å². The zero-order chi connectivity index (χ0) is 23.5. The molecule has 3 rings (SSSR count). The van der Waals surface area contributed by atoms with Gasteiger partial charge in [0.1, 0.15) is 16.5 Å². The fourth-order valence-corrected chi connectivity index (χ4v) is 5.78. The second kappa shape index (κ2) is 9.70. The first-order valence-corrected chi connectivity index (χ1v) is 12.4. The van der Waals surface area contributed by atoms with E-state index in [9.17, 15) is 22.8 Å². The summed E-state index contributed by atoms with van der Waals surface area (Å²) in [6.45, 7) is 4.07. The maximum Gasteiger partial charge on any atom is 0.341 e. The molecule has 0 saturated carbocycles. The molecule has 0 fully saturated rings. The second-order valence-electron chi connectivity index (χ2n) is 7.10. The number of anilines is 1. The Morgan fingerprint density at radius 1 is 1.19 bits per heavy atom. The van der Waals surface area contributed by atoms with Crippen LogP contribution in [-0.4, -0.2) is 57.1 Å². The number of carbonyl (C=O) groups is 3. The molecule has 0 bridgehead atoms. The van der Waals surface area contributed by atoms with Crippen LogP contribution < -0.4 is 10.1 Å². The molecular weight excluding hydrogens is 456 g/mol. The Kier molecular flexibility index (Phi) is 7.19. The number of nitrogens with one attached hydrogen (secondary N) is 1. The zero-order valence-electron chi connectivity index (χ0n) is 18.0. The number of methoxy groups -OCH3 is 1. The van der Waals surface area contributed by atoms with Gasteiger partial charge >= 0.3 is 5.97 Å². The SMILES string of the molecule is CCOC(=O)c1c(NC(=O)CS(=O)(=O)c2ccc(OC)cc2)sc2c1CCN(C(C)=O)C2. The molecule has 1 aromatic carbocycles. The van der Waals surface area contributed by atoms with E-state index in [1.54, 1.807) is 11.8 Å². The Morgan fingerprint density at radius 3 is 2.47 bits per heavy atom. The summed E-state index contributed by atoms with van der Waals surface area (Å²) >= 11 is 1.15. The number of nitrogens with zero attached hydrogens (tertiary/aromatic N) is 1. The number of carbonyl (C=O) groups excluding carboxylic acids is 3. The minimum absolute atomic E-state index is 0.0124. The van der Waals surface area contributed by atoms with Gasteiger partial charge in [-0.05, 0) is 43.2 Å². The number of hydrogen-bond acceptors (Lipinski definition) is 8. The van der Waals surface area contributed by atoms with Crippen LogP contribution in [0.5, 0.6) is 5.75 Å². The lowest BCUT2D eigenvalue weighted by molar-refractivity contribution is -0.129. The highest BCUT2D eigenvalue weighted by Crippen LogP contribution is 2.37. The molecular formula is C21H24N2O7S2. The maximum atomic E-state index is 12.6. The fourth-order valence-electron chi connectivity index (χ4n) is 3.38. The lowest BCUT2D eigenvalue weighted by Gasteiger charge is -2.25. The number of amides is 2. The van der Waals surface area contributed by atoms with Gasteiger partial charge in [-0.2, -0.15) is 0 Å². The predicted molar refractivity (Wildman–Crippen MR) is 119 cm³/mol. The standard InChI is InChI=1S/C21H24N2O7S2/c1-4-30-21(26)19-16-9-10-23(13(2)24)11-17(16)31-20(19)22-18(25)12-32(27,28)15-7-5-14(29-3)6-8-15/h5-8H,4,9-12H2,1-3H3,(H,22,25). The van der Waals surface area contributed by atoms with Crippen molar-refractivity contribution in [2.75, 3.05) is 31.3 Å². The molecule has 0 atom stereocenters. The van der Waals surface area contributed by atoms with Gasteiger partial charge in [0.15, 0.2) is 9.84 Å². The smallest absolute Gasteiger partial charge is 0.341 e. The van der Waals surface area contributed by atoms with Crippen LogP contribution in [0.4, 0.5) is 5.00 Å². The summed E-state index contributed by atoms with van der Waals surface area (Å²) in [5.74, 6) is -1.74. The van der Waals surface area contributed by atoms with Crippen LogP contribution in [0.3, 0.4) is 0 Å². The van der Waals surface area contributed by atoms with Gasteiger partial charge in [-0.15, -0.1) is 11.3 Å². The molecule has 0 spiro atoms. The molecule has 2 heterocycles. The van der Waals surface area contributed by atoms with Crippen molar-refractivity contribution in [2.45, 2.75) is 31.7 Å². The number of fused-ring (bicyclic) bond motifs is 1. The van der Waals surface area contributed by atoms with Crippen LogP contribution >= 0.6 is 11.3 Å². The van der Waals surface area contributed by atoms with Crippen molar-refractivity contribution < 1.29 is 32.3 Å². The predicted octanol–water partition coefficient (Wildman–Crippen LogP) is 2.25. The van der Waals surface area contributed by atoms with E-state index in [1.165, 1.54) is 38.3 Å². The first kappa shape index (κ1) is 23.7. The molecule has 1 aliphatic heterocycles. The third kappa shape index (κ3) is 5.10. The summed E-state index contributed by atoms with van der Waals surface area (Å²) in [4.78, 5) is 39.3. The van der Waals surface area contributed by atoms with Gasteiger partial charge < -0.3 is 19.7 Å². The van der Waals surface area contributed by atoms with Crippen LogP contribution in [-0.2, 0) is 37.1 Å². The maximum absolute atomic E-state index is 12.6. The van der Waals surface area contributed by atoms with Gasteiger partial charge in [0.25, 0.3) is 0 Å². The summed E-state index contributed by atoms with van der Waals surface area (Å²) in [6.07, 6.45) is 0.444. The van der Waals surface area contributed by atoms with Crippen molar-refractivity contribution in [3.8, 4) is 5.75 Å². The Bertz CT molecular complexity index is 1140. The van der Waals surface area contributed by atoms with Crippen LogP contribution in [0, 0.1) is 0 Å². The van der Waals surface area contributed by atoms with E-state index in [4.69, 9.17) is 9.47 Å². The molecule has 1 aliphatic rings. The van der Waals surface area contributed by atoms with Crippen molar-refractivity contribution >= 4 is 44.0 Å². The number of rotatable bonds is 7. The third-order valence-electron chi connectivity index (χ3n) is 4.97. The third-order valence-corrected chi connectivity index (χ3v) is 7.74. The minimum atomic E-state index is -3.90. The summed E-state index contributed by atoms with van der Waals surface area (Å²) in [5.41, 5.74) is 0.949. The summed E-state index contributed by atoms with van der Waals surface area (Å²) in [5, 5.41) is 2.80. The summed E-state index contributed by atoms with van der Waals surface area (Å²) < 4.78 is 35.4. The van der Waals surface area contributed by atoms with Gasteiger partial charge in [0.2, 0.25) is 11.8 Å².